The molecule has 2 aromatic carbocycles. The molecule has 0 unspecified atom stereocenters. The lowest BCUT2D eigenvalue weighted by Crippen LogP contribution is -2.12. The van der Waals surface area contributed by atoms with Crippen LogP contribution in [-0.4, -0.2) is 24.8 Å². The summed E-state index contributed by atoms with van der Waals surface area (Å²) in [5.74, 6) is 0.450. The maximum atomic E-state index is 11.0. The Morgan fingerprint density at radius 2 is 1.76 bits per heavy atom. The van der Waals surface area contributed by atoms with Crippen LogP contribution in [0, 0.1) is 0 Å². The largest absolute Gasteiger partial charge is 0.508 e. The maximum Gasteiger partial charge on any atom is 0.343 e. The number of carbonyl (C=O) groups excluding carboxylic acids is 1. The van der Waals surface area contributed by atoms with Crippen molar-refractivity contribution in [2.75, 3.05) is 19.0 Å². The lowest BCUT2D eigenvalue weighted by molar-refractivity contribution is -0.142. The zero-order chi connectivity index (χ0) is 15.1. The van der Waals surface area contributed by atoms with Gasteiger partial charge in [-0.05, 0) is 42.0 Å². The van der Waals surface area contributed by atoms with Gasteiger partial charge in [0.25, 0.3) is 0 Å². The first kappa shape index (κ1) is 14.7. The van der Waals surface area contributed by atoms with Crippen molar-refractivity contribution in [1.29, 1.82) is 0 Å². The molecule has 0 spiro atoms. The molecule has 0 aromatic heterocycles. The van der Waals surface area contributed by atoms with E-state index in [9.17, 15) is 9.90 Å². The molecule has 5 heteroatoms. The van der Waals surface area contributed by atoms with Gasteiger partial charge in [-0.3, -0.25) is 0 Å². The highest BCUT2D eigenvalue weighted by Crippen LogP contribution is 2.17. The van der Waals surface area contributed by atoms with E-state index in [1.807, 2.05) is 24.3 Å². The lowest BCUT2D eigenvalue weighted by atomic mass is 10.2. The van der Waals surface area contributed by atoms with Crippen molar-refractivity contribution in [3.63, 3.8) is 0 Å². The van der Waals surface area contributed by atoms with E-state index in [0.717, 1.165) is 11.3 Å². The molecule has 0 aliphatic carbocycles. The van der Waals surface area contributed by atoms with Crippen LogP contribution in [0.5, 0.6) is 11.5 Å². The average Bonchev–Trinajstić information content (AvgIpc) is 2.53. The van der Waals surface area contributed by atoms with E-state index in [1.165, 1.54) is 7.11 Å². The Hall–Kier alpha value is -2.69. The summed E-state index contributed by atoms with van der Waals surface area (Å²) in [5, 5.41) is 12.5. The maximum absolute atomic E-state index is 11.0. The number of esters is 1. The normalized spacial score (nSPS) is 9.95. The quantitative estimate of drug-likeness (QED) is 0.799. The topological polar surface area (TPSA) is 67.8 Å². The van der Waals surface area contributed by atoms with Crippen molar-refractivity contribution in [3.05, 3.63) is 54.1 Å². The Labute approximate surface area is 123 Å². The van der Waals surface area contributed by atoms with E-state index in [-0.39, 0.29) is 12.4 Å². The van der Waals surface area contributed by atoms with Crippen molar-refractivity contribution in [3.8, 4) is 11.5 Å². The summed E-state index contributed by atoms with van der Waals surface area (Å²) in [5.41, 5.74) is 2.01. The summed E-state index contributed by atoms with van der Waals surface area (Å²) in [6, 6.07) is 14.3. The summed E-state index contributed by atoms with van der Waals surface area (Å²) >= 11 is 0. The standard InChI is InChI=1S/C16H17NO4/c1-20-16(19)11-21-15-8-4-13(5-9-15)17-10-12-2-6-14(18)7-3-12/h2-9,17-18H,10-11H2,1H3. The van der Waals surface area contributed by atoms with E-state index in [1.54, 1.807) is 24.3 Å². The van der Waals surface area contributed by atoms with Crippen LogP contribution in [0.4, 0.5) is 5.69 Å². The molecule has 0 heterocycles. The second-order valence-electron chi connectivity index (χ2n) is 4.41. The van der Waals surface area contributed by atoms with Gasteiger partial charge in [0.1, 0.15) is 11.5 Å². The van der Waals surface area contributed by atoms with Gasteiger partial charge in [-0.2, -0.15) is 0 Å². The number of ether oxygens (including phenoxy) is 2. The number of carbonyl (C=O) groups is 1. The van der Waals surface area contributed by atoms with Gasteiger partial charge in [0, 0.05) is 12.2 Å². The minimum absolute atomic E-state index is 0.100. The fourth-order valence-electron chi connectivity index (χ4n) is 1.69. The predicted molar refractivity (Wildman–Crippen MR) is 79.4 cm³/mol. The van der Waals surface area contributed by atoms with Gasteiger partial charge < -0.3 is 19.9 Å². The van der Waals surface area contributed by atoms with Crippen molar-refractivity contribution in [2.45, 2.75) is 6.54 Å². The van der Waals surface area contributed by atoms with Crippen LogP contribution in [0.25, 0.3) is 0 Å². The molecule has 110 valence electrons. The van der Waals surface area contributed by atoms with E-state index in [4.69, 9.17) is 4.74 Å². The summed E-state index contributed by atoms with van der Waals surface area (Å²) in [4.78, 5) is 11.0. The third kappa shape index (κ3) is 4.72. The van der Waals surface area contributed by atoms with Gasteiger partial charge in [-0.25, -0.2) is 4.79 Å². The second kappa shape index (κ2) is 7.19. The molecular formula is C16H17NO4. The van der Waals surface area contributed by atoms with Crippen LogP contribution in [0.1, 0.15) is 5.56 Å². The monoisotopic (exact) mass is 287 g/mol. The Morgan fingerprint density at radius 3 is 2.38 bits per heavy atom. The molecule has 0 fully saturated rings. The molecule has 0 bridgehead atoms. The van der Waals surface area contributed by atoms with E-state index in [0.29, 0.717) is 12.3 Å². The third-order valence-electron chi connectivity index (χ3n) is 2.87. The summed E-state index contributed by atoms with van der Waals surface area (Å²) < 4.78 is 9.76. The minimum atomic E-state index is -0.412. The SMILES string of the molecule is COC(=O)COc1ccc(NCc2ccc(O)cc2)cc1. The van der Waals surface area contributed by atoms with Gasteiger partial charge in [0.05, 0.1) is 7.11 Å². The fourth-order valence-corrected chi connectivity index (χ4v) is 1.69. The van der Waals surface area contributed by atoms with Gasteiger partial charge in [0.15, 0.2) is 6.61 Å². The molecule has 5 nitrogen and oxygen atoms in total. The number of aromatic hydroxyl groups is 1. The van der Waals surface area contributed by atoms with Crippen molar-refractivity contribution in [1.82, 2.24) is 0 Å². The summed E-state index contributed by atoms with van der Waals surface area (Å²) in [7, 11) is 1.32. The molecular weight excluding hydrogens is 270 g/mol. The number of methoxy groups -OCH3 is 1. The lowest BCUT2D eigenvalue weighted by Gasteiger charge is -2.08. The highest BCUT2D eigenvalue weighted by Gasteiger charge is 2.01. The van der Waals surface area contributed by atoms with Gasteiger partial charge in [-0.1, -0.05) is 12.1 Å². The number of phenols is 1. The predicted octanol–water partition coefficient (Wildman–Crippen LogP) is 2.56. The molecule has 21 heavy (non-hydrogen) atoms. The fraction of sp³-hybridized carbons (Fsp3) is 0.188. The van der Waals surface area contributed by atoms with Crippen molar-refractivity contribution >= 4 is 11.7 Å². The number of anilines is 1. The number of phenolic OH excluding ortho intramolecular Hbond substituents is 1. The van der Waals surface area contributed by atoms with Crippen molar-refractivity contribution < 1.29 is 19.4 Å². The molecule has 0 saturated carbocycles. The van der Waals surface area contributed by atoms with Gasteiger partial charge in [-0.15, -0.1) is 0 Å². The highest BCUT2D eigenvalue weighted by atomic mass is 16.6. The van der Waals surface area contributed by atoms with Crippen LogP contribution in [0.3, 0.4) is 0 Å². The van der Waals surface area contributed by atoms with Gasteiger partial charge in [0.2, 0.25) is 0 Å². The van der Waals surface area contributed by atoms with E-state index < -0.39 is 5.97 Å². The summed E-state index contributed by atoms with van der Waals surface area (Å²) in [6.45, 7) is 0.555. The number of benzene rings is 2. The van der Waals surface area contributed by atoms with Crippen LogP contribution in [0.15, 0.2) is 48.5 Å². The smallest absolute Gasteiger partial charge is 0.343 e. The molecule has 0 radical (unpaired) electrons. The number of rotatable bonds is 6. The molecule has 2 N–H and O–H groups in total. The molecule has 0 saturated heterocycles. The molecule has 0 aliphatic heterocycles. The van der Waals surface area contributed by atoms with Crippen LogP contribution < -0.4 is 10.1 Å². The minimum Gasteiger partial charge on any atom is -0.508 e. The third-order valence-corrected chi connectivity index (χ3v) is 2.87. The Kier molecular flexibility index (Phi) is 5.04. The van der Waals surface area contributed by atoms with Crippen molar-refractivity contribution in [2.24, 2.45) is 0 Å². The molecule has 0 aliphatic rings. The Balaban J connectivity index is 1.84. The molecule has 2 rings (SSSR count). The second-order valence-corrected chi connectivity index (χ2v) is 4.41. The van der Waals surface area contributed by atoms with Crippen LogP contribution >= 0.6 is 0 Å². The Bertz CT molecular complexity index is 578. The Morgan fingerprint density at radius 1 is 1.10 bits per heavy atom. The zero-order valence-electron chi connectivity index (χ0n) is 11.7. The first-order valence-electron chi connectivity index (χ1n) is 6.49. The van der Waals surface area contributed by atoms with E-state index >= 15 is 0 Å². The molecule has 2 aromatic rings. The number of hydrogen-bond acceptors (Lipinski definition) is 5. The molecule has 0 amide bonds. The van der Waals surface area contributed by atoms with E-state index in [2.05, 4.69) is 10.1 Å². The van der Waals surface area contributed by atoms with Gasteiger partial charge >= 0.3 is 5.97 Å². The zero-order valence-corrected chi connectivity index (χ0v) is 11.7. The number of nitrogens with one attached hydrogen (secondary N) is 1. The van der Waals surface area contributed by atoms with Crippen LogP contribution in [-0.2, 0) is 16.1 Å². The number of hydrogen-bond donors (Lipinski definition) is 2. The van der Waals surface area contributed by atoms with Crippen LogP contribution in [0.2, 0.25) is 0 Å². The highest BCUT2D eigenvalue weighted by molar-refractivity contribution is 5.70. The first-order valence-corrected chi connectivity index (χ1v) is 6.49. The summed E-state index contributed by atoms with van der Waals surface area (Å²) in [6.07, 6.45) is 0. The average molecular weight is 287 g/mol. The first-order chi connectivity index (χ1) is 10.2. The molecule has 0 atom stereocenters.